The molecule has 1 aliphatic heterocycles. The summed E-state index contributed by atoms with van der Waals surface area (Å²) in [5, 5.41) is 4.11. The van der Waals surface area contributed by atoms with Crippen LogP contribution in [0.1, 0.15) is 0 Å². The minimum atomic E-state index is -0.376. The van der Waals surface area contributed by atoms with E-state index < -0.39 is 0 Å². The van der Waals surface area contributed by atoms with Gasteiger partial charge in [0.05, 0.1) is 5.69 Å². The summed E-state index contributed by atoms with van der Waals surface area (Å²) in [6.45, 7) is 0.0697. The third-order valence-corrected chi connectivity index (χ3v) is 2.74. The topological polar surface area (TPSA) is 62.3 Å². The zero-order valence-corrected chi connectivity index (χ0v) is 8.88. The Bertz CT molecular complexity index is 619. The first kappa shape index (κ1) is 9.77. The summed E-state index contributed by atoms with van der Waals surface area (Å²) in [5.41, 5.74) is 0.730. The second-order valence-electron chi connectivity index (χ2n) is 3.81. The van der Waals surface area contributed by atoms with Crippen molar-refractivity contribution >= 4 is 28.4 Å². The standard InChI is InChI=1S/C12H9N3O2/c16-11-7-15(12(17)14-11)10-3-1-2-8-6-13-5-4-9(8)10/h1-6H,7H2,(H,14,16,17). The monoisotopic (exact) mass is 227 g/mol. The molecular formula is C12H9N3O2. The number of nitrogens with one attached hydrogen (secondary N) is 1. The number of hydrogen-bond acceptors (Lipinski definition) is 3. The van der Waals surface area contributed by atoms with Gasteiger partial charge < -0.3 is 0 Å². The van der Waals surface area contributed by atoms with E-state index in [0.29, 0.717) is 0 Å². The SMILES string of the molecule is O=C1CN(c2cccc3cnccc23)C(=O)N1. The molecule has 5 nitrogen and oxygen atoms in total. The number of rotatable bonds is 1. The van der Waals surface area contributed by atoms with Gasteiger partial charge in [-0.2, -0.15) is 0 Å². The number of fused-ring (bicyclic) bond motifs is 1. The average molecular weight is 227 g/mol. The van der Waals surface area contributed by atoms with E-state index in [1.165, 1.54) is 4.90 Å². The van der Waals surface area contributed by atoms with Crippen molar-refractivity contribution < 1.29 is 9.59 Å². The first-order chi connectivity index (χ1) is 8.25. The molecule has 0 radical (unpaired) electrons. The van der Waals surface area contributed by atoms with Crippen molar-refractivity contribution in [3.8, 4) is 0 Å². The maximum Gasteiger partial charge on any atom is 0.329 e. The number of benzene rings is 1. The van der Waals surface area contributed by atoms with E-state index in [4.69, 9.17) is 0 Å². The van der Waals surface area contributed by atoms with Crippen LogP contribution in [0, 0.1) is 0 Å². The number of carbonyl (C=O) groups is 2. The molecule has 2 aromatic rings. The van der Waals surface area contributed by atoms with Crippen LogP contribution in [0.25, 0.3) is 10.8 Å². The molecular weight excluding hydrogens is 218 g/mol. The second kappa shape index (κ2) is 3.55. The Balaban J connectivity index is 2.17. The molecule has 5 heteroatoms. The van der Waals surface area contributed by atoms with Crippen LogP contribution in [0.5, 0.6) is 0 Å². The highest BCUT2D eigenvalue weighted by atomic mass is 16.2. The van der Waals surface area contributed by atoms with Crippen LogP contribution in [0.3, 0.4) is 0 Å². The van der Waals surface area contributed by atoms with Crippen LogP contribution in [-0.2, 0) is 4.79 Å². The third kappa shape index (κ3) is 1.52. The smallest absolute Gasteiger partial charge is 0.284 e. The van der Waals surface area contributed by atoms with E-state index >= 15 is 0 Å². The molecule has 0 aliphatic carbocycles. The molecule has 17 heavy (non-hydrogen) atoms. The third-order valence-electron chi connectivity index (χ3n) is 2.74. The van der Waals surface area contributed by atoms with Crippen LogP contribution in [0.15, 0.2) is 36.7 Å². The van der Waals surface area contributed by atoms with Gasteiger partial charge in [0.1, 0.15) is 6.54 Å². The summed E-state index contributed by atoms with van der Waals surface area (Å²) < 4.78 is 0. The van der Waals surface area contributed by atoms with Gasteiger partial charge in [0.2, 0.25) is 5.91 Å². The van der Waals surface area contributed by atoms with Gasteiger partial charge in [-0.1, -0.05) is 12.1 Å². The van der Waals surface area contributed by atoms with Crippen molar-refractivity contribution in [3.05, 3.63) is 36.7 Å². The molecule has 1 aromatic heterocycles. The van der Waals surface area contributed by atoms with E-state index in [0.717, 1.165) is 16.5 Å². The van der Waals surface area contributed by atoms with E-state index in [-0.39, 0.29) is 18.5 Å². The summed E-state index contributed by atoms with van der Waals surface area (Å²) in [7, 11) is 0. The summed E-state index contributed by atoms with van der Waals surface area (Å²) >= 11 is 0. The fourth-order valence-corrected chi connectivity index (χ4v) is 1.98. The molecule has 1 saturated heterocycles. The van der Waals surface area contributed by atoms with Crippen LogP contribution in [-0.4, -0.2) is 23.5 Å². The van der Waals surface area contributed by atoms with Crippen LogP contribution in [0.4, 0.5) is 10.5 Å². The van der Waals surface area contributed by atoms with Crippen molar-refractivity contribution in [1.82, 2.24) is 10.3 Å². The van der Waals surface area contributed by atoms with Crippen LogP contribution < -0.4 is 10.2 Å². The summed E-state index contributed by atoms with van der Waals surface area (Å²) in [6, 6.07) is 7.04. The molecule has 3 rings (SSSR count). The Morgan fingerprint density at radius 3 is 2.88 bits per heavy atom. The normalized spacial score (nSPS) is 15.4. The number of amides is 3. The first-order valence-corrected chi connectivity index (χ1v) is 5.20. The number of anilines is 1. The van der Waals surface area contributed by atoms with Crippen LogP contribution in [0.2, 0.25) is 0 Å². The Labute approximate surface area is 97.1 Å². The molecule has 3 amide bonds. The number of pyridine rings is 1. The van der Waals surface area contributed by atoms with E-state index in [9.17, 15) is 9.59 Å². The molecule has 1 aliphatic rings. The van der Waals surface area contributed by atoms with Crippen molar-refractivity contribution in [2.75, 3.05) is 11.4 Å². The Hall–Kier alpha value is -2.43. The summed E-state index contributed by atoms with van der Waals surface area (Å²) in [6.07, 6.45) is 3.40. The fraction of sp³-hybridized carbons (Fsp3) is 0.0833. The maximum atomic E-state index is 11.6. The highest BCUT2D eigenvalue weighted by Gasteiger charge is 2.28. The molecule has 0 bridgehead atoms. The zero-order chi connectivity index (χ0) is 11.8. The molecule has 84 valence electrons. The van der Waals surface area contributed by atoms with Gasteiger partial charge in [-0.25, -0.2) is 4.79 Å². The van der Waals surface area contributed by atoms with E-state index in [2.05, 4.69) is 10.3 Å². The summed E-state index contributed by atoms with van der Waals surface area (Å²) in [5.74, 6) is -0.277. The molecule has 0 spiro atoms. The lowest BCUT2D eigenvalue weighted by molar-refractivity contribution is -0.117. The van der Waals surface area contributed by atoms with Gasteiger partial charge in [-0.15, -0.1) is 0 Å². The minimum absolute atomic E-state index is 0.0697. The van der Waals surface area contributed by atoms with E-state index in [1.807, 2.05) is 24.3 Å². The Kier molecular flexibility index (Phi) is 2.04. The van der Waals surface area contributed by atoms with Crippen molar-refractivity contribution in [1.29, 1.82) is 0 Å². The average Bonchev–Trinajstić information content (AvgIpc) is 2.68. The predicted octanol–water partition coefficient (Wildman–Crippen LogP) is 1.29. The molecule has 0 atom stereocenters. The van der Waals surface area contributed by atoms with E-state index in [1.54, 1.807) is 12.4 Å². The molecule has 0 unspecified atom stereocenters. The van der Waals surface area contributed by atoms with Gasteiger partial charge in [0.15, 0.2) is 0 Å². The van der Waals surface area contributed by atoms with Crippen molar-refractivity contribution in [3.63, 3.8) is 0 Å². The molecule has 1 aromatic carbocycles. The number of hydrogen-bond donors (Lipinski definition) is 1. The Morgan fingerprint density at radius 1 is 1.24 bits per heavy atom. The zero-order valence-electron chi connectivity index (χ0n) is 8.88. The van der Waals surface area contributed by atoms with Gasteiger partial charge >= 0.3 is 6.03 Å². The van der Waals surface area contributed by atoms with Crippen molar-refractivity contribution in [2.24, 2.45) is 0 Å². The molecule has 1 N–H and O–H groups in total. The fourth-order valence-electron chi connectivity index (χ4n) is 1.98. The van der Waals surface area contributed by atoms with Crippen LogP contribution >= 0.6 is 0 Å². The number of aromatic nitrogens is 1. The maximum absolute atomic E-state index is 11.6. The second-order valence-corrected chi connectivity index (χ2v) is 3.81. The number of urea groups is 1. The highest BCUT2D eigenvalue weighted by Crippen LogP contribution is 2.27. The van der Waals surface area contributed by atoms with Gasteiger partial charge in [0.25, 0.3) is 0 Å². The largest absolute Gasteiger partial charge is 0.329 e. The summed E-state index contributed by atoms with van der Waals surface area (Å²) in [4.78, 5) is 28.3. The van der Waals surface area contributed by atoms with Gasteiger partial charge in [0, 0.05) is 23.2 Å². The minimum Gasteiger partial charge on any atom is -0.284 e. The Morgan fingerprint density at radius 2 is 2.12 bits per heavy atom. The number of carbonyl (C=O) groups excluding carboxylic acids is 2. The molecule has 0 saturated carbocycles. The highest BCUT2D eigenvalue weighted by molar-refractivity contribution is 6.15. The number of nitrogens with zero attached hydrogens (tertiary/aromatic N) is 2. The lowest BCUT2D eigenvalue weighted by atomic mass is 10.1. The first-order valence-electron chi connectivity index (χ1n) is 5.20. The molecule has 1 fully saturated rings. The molecule has 2 heterocycles. The van der Waals surface area contributed by atoms with Gasteiger partial charge in [-0.05, 0) is 12.1 Å². The van der Waals surface area contributed by atoms with Crippen molar-refractivity contribution in [2.45, 2.75) is 0 Å². The lowest BCUT2D eigenvalue weighted by Gasteiger charge is -2.15. The number of imide groups is 1. The quantitative estimate of drug-likeness (QED) is 0.747. The predicted molar refractivity (Wildman–Crippen MR) is 62.6 cm³/mol. The lowest BCUT2D eigenvalue weighted by Crippen LogP contribution is -2.27. The van der Waals surface area contributed by atoms with Gasteiger partial charge in [-0.3, -0.25) is 20.0 Å².